The van der Waals surface area contributed by atoms with Gasteiger partial charge in [-0.2, -0.15) is 0 Å². The number of fused-ring (bicyclic) bond motifs is 1. The van der Waals surface area contributed by atoms with E-state index >= 15 is 0 Å². The van der Waals surface area contributed by atoms with E-state index in [4.69, 9.17) is 0 Å². The fraction of sp³-hybridized carbons (Fsp3) is 0.333. The topological polar surface area (TPSA) is 80.4 Å². The lowest BCUT2D eigenvalue weighted by Crippen LogP contribution is -2.48. The molecule has 140 valence electrons. The molecule has 4 rings (SSSR count). The van der Waals surface area contributed by atoms with Crippen LogP contribution in [-0.4, -0.2) is 51.1 Å². The number of pyridine rings is 1. The van der Waals surface area contributed by atoms with Crippen LogP contribution in [0.15, 0.2) is 40.1 Å². The van der Waals surface area contributed by atoms with Gasteiger partial charge in [-0.1, -0.05) is 6.07 Å². The third-order valence-electron chi connectivity index (χ3n) is 4.88. The zero-order valence-electron chi connectivity index (χ0n) is 15.1. The second-order valence-electron chi connectivity index (χ2n) is 6.50. The lowest BCUT2D eigenvalue weighted by molar-refractivity contribution is 0.0751. The standard InChI is InChI=1S/C18H19N5O3S/c1-20-15(24)12-11-13(27-17(12)21(2)18(20)26)16(25)23-9-7-22(8-10-23)14-5-3-4-6-19-14/h3-6,11H,7-10H2,1-2H3. The SMILES string of the molecule is Cn1c(=O)c2cc(C(=O)N3CCN(c4ccccn4)CC3)sc2n(C)c1=O. The highest BCUT2D eigenvalue weighted by Crippen LogP contribution is 2.24. The molecule has 1 aliphatic heterocycles. The van der Waals surface area contributed by atoms with Crippen molar-refractivity contribution in [3.8, 4) is 0 Å². The van der Waals surface area contributed by atoms with Gasteiger partial charge in [0.1, 0.15) is 10.6 Å². The van der Waals surface area contributed by atoms with Gasteiger partial charge in [-0.15, -0.1) is 11.3 Å². The molecular formula is C18H19N5O3S. The molecule has 0 spiro atoms. The maximum absolute atomic E-state index is 12.9. The Morgan fingerprint density at radius 3 is 2.48 bits per heavy atom. The largest absolute Gasteiger partial charge is 0.353 e. The Hall–Kier alpha value is -2.94. The van der Waals surface area contributed by atoms with Crippen molar-refractivity contribution in [1.82, 2.24) is 19.0 Å². The van der Waals surface area contributed by atoms with Crippen LogP contribution in [-0.2, 0) is 14.1 Å². The molecule has 3 aromatic rings. The first-order valence-corrected chi connectivity index (χ1v) is 9.44. The highest BCUT2D eigenvalue weighted by molar-refractivity contribution is 7.20. The van der Waals surface area contributed by atoms with Crippen LogP contribution >= 0.6 is 11.3 Å². The lowest BCUT2D eigenvalue weighted by atomic mass is 10.2. The van der Waals surface area contributed by atoms with Crippen LogP contribution in [0.3, 0.4) is 0 Å². The molecule has 1 amide bonds. The van der Waals surface area contributed by atoms with Crippen molar-refractivity contribution in [2.75, 3.05) is 31.1 Å². The van der Waals surface area contributed by atoms with E-state index in [1.807, 2.05) is 18.2 Å². The van der Waals surface area contributed by atoms with Gasteiger partial charge < -0.3 is 9.80 Å². The number of amides is 1. The molecule has 0 unspecified atom stereocenters. The molecule has 0 atom stereocenters. The van der Waals surface area contributed by atoms with Crippen molar-refractivity contribution in [2.24, 2.45) is 14.1 Å². The molecule has 1 saturated heterocycles. The molecule has 0 bridgehead atoms. The van der Waals surface area contributed by atoms with E-state index in [2.05, 4.69) is 9.88 Å². The van der Waals surface area contributed by atoms with E-state index in [0.717, 1.165) is 10.4 Å². The summed E-state index contributed by atoms with van der Waals surface area (Å²) in [7, 11) is 3.06. The molecule has 0 radical (unpaired) electrons. The summed E-state index contributed by atoms with van der Waals surface area (Å²) >= 11 is 1.19. The van der Waals surface area contributed by atoms with Crippen molar-refractivity contribution >= 4 is 33.3 Å². The summed E-state index contributed by atoms with van der Waals surface area (Å²) < 4.78 is 2.48. The zero-order valence-corrected chi connectivity index (χ0v) is 15.9. The predicted octanol–water partition coefficient (Wildman–Crippen LogP) is 0.656. The smallest absolute Gasteiger partial charge is 0.331 e. The second-order valence-corrected chi connectivity index (χ2v) is 7.53. The van der Waals surface area contributed by atoms with E-state index in [0.29, 0.717) is 41.3 Å². The minimum absolute atomic E-state index is 0.105. The third-order valence-corrected chi connectivity index (χ3v) is 6.08. The number of carbonyl (C=O) groups is 1. The van der Waals surface area contributed by atoms with Gasteiger partial charge in [0.15, 0.2) is 0 Å². The lowest BCUT2D eigenvalue weighted by Gasteiger charge is -2.35. The van der Waals surface area contributed by atoms with Gasteiger partial charge >= 0.3 is 5.69 Å². The molecule has 0 aliphatic carbocycles. The first-order chi connectivity index (χ1) is 13.0. The second kappa shape index (κ2) is 6.66. The van der Waals surface area contributed by atoms with Crippen LogP contribution in [0, 0.1) is 0 Å². The van der Waals surface area contributed by atoms with E-state index < -0.39 is 5.69 Å². The first kappa shape index (κ1) is 17.5. The summed E-state index contributed by atoms with van der Waals surface area (Å²) in [6.07, 6.45) is 1.76. The van der Waals surface area contributed by atoms with Gasteiger partial charge in [0.05, 0.1) is 10.3 Å². The van der Waals surface area contributed by atoms with Crippen molar-refractivity contribution in [3.63, 3.8) is 0 Å². The fourth-order valence-electron chi connectivity index (χ4n) is 3.30. The van der Waals surface area contributed by atoms with Crippen molar-refractivity contribution in [2.45, 2.75) is 0 Å². The molecule has 8 nitrogen and oxygen atoms in total. The molecule has 0 aromatic carbocycles. The number of rotatable bonds is 2. The Bertz CT molecular complexity index is 1120. The number of piperazine rings is 1. The molecule has 1 fully saturated rings. The van der Waals surface area contributed by atoms with Gasteiger partial charge in [0.2, 0.25) is 0 Å². The number of nitrogens with zero attached hydrogens (tertiary/aromatic N) is 5. The van der Waals surface area contributed by atoms with Crippen LogP contribution < -0.4 is 16.1 Å². The first-order valence-electron chi connectivity index (χ1n) is 8.62. The Morgan fingerprint density at radius 2 is 1.81 bits per heavy atom. The molecular weight excluding hydrogens is 366 g/mol. The minimum atomic E-state index is -0.391. The van der Waals surface area contributed by atoms with Crippen LogP contribution in [0.4, 0.5) is 5.82 Å². The third kappa shape index (κ3) is 2.93. The summed E-state index contributed by atoms with van der Waals surface area (Å²) in [5.74, 6) is 0.802. The number of carbonyl (C=O) groups excluding carboxylic acids is 1. The molecule has 3 aromatic heterocycles. The monoisotopic (exact) mass is 385 g/mol. The number of anilines is 1. The average molecular weight is 385 g/mol. The van der Waals surface area contributed by atoms with Crippen molar-refractivity contribution in [1.29, 1.82) is 0 Å². The quantitative estimate of drug-likeness (QED) is 0.647. The minimum Gasteiger partial charge on any atom is -0.353 e. The molecule has 1 aliphatic rings. The predicted molar refractivity (Wildman–Crippen MR) is 105 cm³/mol. The van der Waals surface area contributed by atoms with Crippen LogP contribution in [0.1, 0.15) is 9.67 Å². The van der Waals surface area contributed by atoms with Gasteiger partial charge in [-0.25, -0.2) is 9.78 Å². The van der Waals surface area contributed by atoms with Gasteiger partial charge in [0, 0.05) is 46.5 Å². The molecule has 0 saturated carbocycles. The van der Waals surface area contributed by atoms with Crippen molar-refractivity contribution in [3.05, 3.63) is 56.2 Å². The summed E-state index contributed by atoms with van der Waals surface area (Å²) in [6, 6.07) is 7.39. The normalized spacial score (nSPS) is 14.7. The maximum atomic E-state index is 12.9. The van der Waals surface area contributed by atoms with Gasteiger partial charge in [-0.05, 0) is 18.2 Å². The van der Waals surface area contributed by atoms with E-state index in [1.165, 1.54) is 23.0 Å². The summed E-state index contributed by atoms with van der Waals surface area (Å²) in [5, 5.41) is 0.403. The Kier molecular flexibility index (Phi) is 4.31. The molecule has 9 heteroatoms. The van der Waals surface area contributed by atoms with Gasteiger partial charge in [-0.3, -0.25) is 18.7 Å². The zero-order chi connectivity index (χ0) is 19.1. The number of hydrogen-bond donors (Lipinski definition) is 0. The molecule has 0 N–H and O–H groups in total. The number of aromatic nitrogens is 3. The number of thiophene rings is 1. The highest BCUT2D eigenvalue weighted by atomic mass is 32.1. The van der Waals surface area contributed by atoms with E-state index in [-0.39, 0.29) is 11.5 Å². The van der Waals surface area contributed by atoms with E-state index in [1.54, 1.807) is 24.2 Å². The Morgan fingerprint density at radius 1 is 1.07 bits per heavy atom. The summed E-state index contributed by atoms with van der Waals surface area (Å²) in [6.45, 7) is 2.57. The highest BCUT2D eigenvalue weighted by Gasteiger charge is 2.25. The maximum Gasteiger partial charge on any atom is 0.331 e. The number of hydrogen-bond acceptors (Lipinski definition) is 6. The summed E-state index contributed by atoms with van der Waals surface area (Å²) in [5.41, 5.74) is -0.763. The van der Waals surface area contributed by atoms with Gasteiger partial charge in [0.25, 0.3) is 11.5 Å². The Labute approximate surface area is 158 Å². The van der Waals surface area contributed by atoms with Crippen LogP contribution in [0.25, 0.3) is 10.2 Å². The van der Waals surface area contributed by atoms with E-state index in [9.17, 15) is 14.4 Å². The number of aryl methyl sites for hydroxylation is 1. The van der Waals surface area contributed by atoms with Crippen molar-refractivity contribution < 1.29 is 4.79 Å². The van der Waals surface area contributed by atoms with Crippen LogP contribution in [0.2, 0.25) is 0 Å². The summed E-state index contributed by atoms with van der Waals surface area (Å²) in [4.78, 5) is 46.6. The fourth-order valence-corrected chi connectivity index (χ4v) is 4.38. The molecule has 4 heterocycles. The Balaban J connectivity index is 1.57. The van der Waals surface area contributed by atoms with Crippen LogP contribution in [0.5, 0.6) is 0 Å². The average Bonchev–Trinajstić information content (AvgIpc) is 3.16. The molecule has 27 heavy (non-hydrogen) atoms.